The normalized spacial score (nSPS) is 10.6. The number of carbonyl (C=O) groups is 1. The van der Waals surface area contributed by atoms with Crippen LogP contribution in [0, 0.1) is 0 Å². The third-order valence-electron chi connectivity index (χ3n) is 3.81. The van der Waals surface area contributed by atoms with Crippen molar-refractivity contribution in [1.82, 2.24) is 9.55 Å². The van der Waals surface area contributed by atoms with Crippen molar-refractivity contribution >= 4 is 22.9 Å². The Morgan fingerprint density at radius 1 is 1.12 bits per heavy atom. The number of nitrogens with one attached hydrogen (secondary N) is 1. The summed E-state index contributed by atoms with van der Waals surface area (Å²) in [7, 11) is 3.10. The fourth-order valence-corrected chi connectivity index (χ4v) is 2.60. The number of anilines is 1. The molecule has 0 saturated heterocycles. The third kappa shape index (κ3) is 2.90. The molecule has 3 aromatic rings. The van der Waals surface area contributed by atoms with Gasteiger partial charge in [-0.05, 0) is 31.2 Å². The molecule has 0 unspecified atom stereocenters. The lowest BCUT2D eigenvalue weighted by Crippen LogP contribution is -2.16. The molecule has 6 nitrogen and oxygen atoms in total. The second-order valence-corrected chi connectivity index (χ2v) is 5.22. The zero-order valence-corrected chi connectivity index (χ0v) is 13.9. The van der Waals surface area contributed by atoms with Crippen LogP contribution < -0.4 is 14.8 Å². The summed E-state index contributed by atoms with van der Waals surface area (Å²) < 4.78 is 12.4. The molecule has 124 valence electrons. The topological polar surface area (TPSA) is 65.4 Å². The van der Waals surface area contributed by atoms with Crippen LogP contribution in [0.2, 0.25) is 0 Å². The largest absolute Gasteiger partial charge is 0.497 e. The Morgan fingerprint density at radius 2 is 1.79 bits per heavy atom. The number of fused-ring (bicyclic) bond motifs is 1. The van der Waals surface area contributed by atoms with E-state index in [9.17, 15) is 4.79 Å². The third-order valence-corrected chi connectivity index (χ3v) is 3.81. The Bertz CT molecular complexity index is 864. The molecule has 1 amide bonds. The zero-order chi connectivity index (χ0) is 17.1. The molecule has 0 bridgehead atoms. The van der Waals surface area contributed by atoms with Crippen molar-refractivity contribution in [3.05, 3.63) is 48.0 Å². The summed E-state index contributed by atoms with van der Waals surface area (Å²) in [6, 6.07) is 12.8. The van der Waals surface area contributed by atoms with Gasteiger partial charge in [0.05, 0.1) is 25.3 Å². The number of para-hydroxylation sites is 2. The highest BCUT2D eigenvalue weighted by Crippen LogP contribution is 2.24. The van der Waals surface area contributed by atoms with Crippen LogP contribution >= 0.6 is 0 Å². The molecule has 3 rings (SSSR count). The Labute approximate surface area is 140 Å². The number of benzene rings is 2. The molecular formula is C18H19N3O3. The van der Waals surface area contributed by atoms with Gasteiger partial charge in [0, 0.05) is 18.2 Å². The molecule has 0 atom stereocenters. The second kappa shape index (κ2) is 6.62. The average molecular weight is 325 g/mol. The molecule has 1 N–H and O–H groups in total. The SMILES string of the molecule is CCn1c(NC(=O)c2cc(OC)cc(OC)c2)nc2ccccc21. The number of rotatable bonds is 5. The summed E-state index contributed by atoms with van der Waals surface area (Å²) in [5, 5.41) is 2.87. The van der Waals surface area contributed by atoms with E-state index < -0.39 is 0 Å². The molecule has 0 radical (unpaired) electrons. The van der Waals surface area contributed by atoms with Gasteiger partial charge in [-0.2, -0.15) is 0 Å². The van der Waals surface area contributed by atoms with Gasteiger partial charge in [0.1, 0.15) is 11.5 Å². The van der Waals surface area contributed by atoms with E-state index in [0.29, 0.717) is 29.6 Å². The number of aryl methyl sites for hydroxylation is 1. The maximum atomic E-state index is 12.6. The maximum Gasteiger partial charge on any atom is 0.258 e. The Hall–Kier alpha value is -3.02. The number of methoxy groups -OCH3 is 2. The van der Waals surface area contributed by atoms with Crippen LogP contribution in [0.5, 0.6) is 11.5 Å². The van der Waals surface area contributed by atoms with Crippen LogP contribution in [-0.2, 0) is 6.54 Å². The second-order valence-electron chi connectivity index (χ2n) is 5.22. The number of nitrogens with zero attached hydrogens (tertiary/aromatic N) is 2. The van der Waals surface area contributed by atoms with E-state index >= 15 is 0 Å². The molecule has 1 heterocycles. The van der Waals surface area contributed by atoms with Crippen molar-refractivity contribution in [2.75, 3.05) is 19.5 Å². The highest BCUT2D eigenvalue weighted by atomic mass is 16.5. The lowest BCUT2D eigenvalue weighted by molar-refractivity contribution is 0.102. The summed E-state index contributed by atoms with van der Waals surface area (Å²) in [5.74, 6) is 1.37. The van der Waals surface area contributed by atoms with Gasteiger partial charge in [-0.25, -0.2) is 4.98 Å². The fourth-order valence-electron chi connectivity index (χ4n) is 2.60. The molecule has 2 aromatic carbocycles. The maximum absolute atomic E-state index is 12.6. The van der Waals surface area contributed by atoms with Crippen molar-refractivity contribution in [2.24, 2.45) is 0 Å². The van der Waals surface area contributed by atoms with Gasteiger partial charge in [-0.1, -0.05) is 12.1 Å². The van der Waals surface area contributed by atoms with E-state index in [-0.39, 0.29) is 5.91 Å². The number of hydrogen-bond donors (Lipinski definition) is 1. The van der Waals surface area contributed by atoms with Crippen molar-refractivity contribution in [1.29, 1.82) is 0 Å². The lowest BCUT2D eigenvalue weighted by atomic mass is 10.2. The molecule has 0 aliphatic rings. The molecule has 1 aromatic heterocycles. The molecule has 0 fully saturated rings. The van der Waals surface area contributed by atoms with Gasteiger partial charge < -0.3 is 14.0 Å². The smallest absolute Gasteiger partial charge is 0.258 e. The first-order valence-electron chi connectivity index (χ1n) is 7.66. The monoisotopic (exact) mass is 325 g/mol. The summed E-state index contributed by atoms with van der Waals surface area (Å²) in [4.78, 5) is 17.1. The molecule has 0 spiro atoms. The molecule has 0 saturated carbocycles. The summed E-state index contributed by atoms with van der Waals surface area (Å²) in [6.07, 6.45) is 0. The highest BCUT2D eigenvalue weighted by molar-refractivity contribution is 6.04. The van der Waals surface area contributed by atoms with Gasteiger partial charge in [0.2, 0.25) is 5.95 Å². The first-order chi connectivity index (χ1) is 11.7. The summed E-state index contributed by atoms with van der Waals surface area (Å²) in [6.45, 7) is 2.72. The Kier molecular flexibility index (Phi) is 4.37. The van der Waals surface area contributed by atoms with E-state index in [1.165, 1.54) is 0 Å². The molecular weight excluding hydrogens is 306 g/mol. The average Bonchev–Trinajstić information content (AvgIpc) is 2.97. The van der Waals surface area contributed by atoms with Gasteiger partial charge in [0.15, 0.2) is 0 Å². The van der Waals surface area contributed by atoms with Crippen molar-refractivity contribution in [3.63, 3.8) is 0 Å². The Morgan fingerprint density at radius 3 is 2.42 bits per heavy atom. The van der Waals surface area contributed by atoms with Crippen molar-refractivity contribution in [3.8, 4) is 11.5 Å². The number of carbonyl (C=O) groups excluding carboxylic acids is 1. The minimum Gasteiger partial charge on any atom is -0.497 e. The van der Waals surface area contributed by atoms with Crippen LogP contribution in [0.1, 0.15) is 17.3 Å². The van der Waals surface area contributed by atoms with Gasteiger partial charge >= 0.3 is 0 Å². The summed E-state index contributed by atoms with van der Waals surface area (Å²) >= 11 is 0. The number of aromatic nitrogens is 2. The van der Waals surface area contributed by atoms with Crippen LogP contribution in [0.15, 0.2) is 42.5 Å². The molecule has 24 heavy (non-hydrogen) atoms. The quantitative estimate of drug-likeness (QED) is 0.781. The number of imidazole rings is 1. The molecule has 0 aliphatic heterocycles. The predicted octanol–water partition coefficient (Wildman–Crippen LogP) is 3.33. The number of ether oxygens (including phenoxy) is 2. The van der Waals surface area contributed by atoms with E-state index in [4.69, 9.17) is 9.47 Å². The fraction of sp³-hybridized carbons (Fsp3) is 0.222. The Balaban J connectivity index is 1.95. The predicted molar refractivity (Wildman–Crippen MR) is 92.9 cm³/mol. The van der Waals surface area contributed by atoms with E-state index in [1.807, 2.05) is 35.8 Å². The molecule has 6 heteroatoms. The molecule has 0 aliphatic carbocycles. The standard InChI is InChI=1S/C18H19N3O3/c1-4-21-16-8-6-5-7-15(16)19-18(21)20-17(22)12-9-13(23-2)11-14(10-12)24-3/h5-11H,4H2,1-3H3,(H,19,20,22). The summed E-state index contributed by atoms with van der Waals surface area (Å²) in [5.41, 5.74) is 2.28. The first kappa shape index (κ1) is 15.9. The number of hydrogen-bond acceptors (Lipinski definition) is 4. The van der Waals surface area contributed by atoms with Gasteiger partial charge in [0.25, 0.3) is 5.91 Å². The zero-order valence-electron chi connectivity index (χ0n) is 13.9. The van der Waals surface area contributed by atoms with Crippen LogP contribution in [-0.4, -0.2) is 29.7 Å². The van der Waals surface area contributed by atoms with E-state index in [0.717, 1.165) is 11.0 Å². The first-order valence-corrected chi connectivity index (χ1v) is 7.66. The van der Waals surface area contributed by atoms with Crippen molar-refractivity contribution in [2.45, 2.75) is 13.5 Å². The van der Waals surface area contributed by atoms with Crippen LogP contribution in [0.25, 0.3) is 11.0 Å². The van der Waals surface area contributed by atoms with Gasteiger partial charge in [-0.15, -0.1) is 0 Å². The van der Waals surface area contributed by atoms with Crippen molar-refractivity contribution < 1.29 is 14.3 Å². The lowest BCUT2D eigenvalue weighted by Gasteiger charge is -2.10. The number of amides is 1. The minimum absolute atomic E-state index is 0.266. The minimum atomic E-state index is -0.266. The van der Waals surface area contributed by atoms with E-state index in [2.05, 4.69) is 10.3 Å². The van der Waals surface area contributed by atoms with E-state index in [1.54, 1.807) is 32.4 Å². The van der Waals surface area contributed by atoms with Gasteiger partial charge in [-0.3, -0.25) is 10.1 Å². The van der Waals surface area contributed by atoms with Crippen LogP contribution in [0.3, 0.4) is 0 Å². The van der Waals surface area contributed by atoms with Crippen LogP contribution in [0.4, 0.5) is 5.95 Å². The highest BCUT2D eigenvalue weighted by Gasteiger charge is 2.15.